The van der Waals surface area contributed by atoms with E-state index in [0.717, 1.165) is 4.90 Å². The molecule has 2 aromatic rings. The van der Waals surface area contributed by atoms with E-state index in [0.29, 0.717) is 35.7 Å². The zero-order chi connectivity index (χ0) is 26.0. The fourth-order valence-electron chi connectivity index (χ4n) is 4.40. The highest BCUT2D eigenvalue weighted by Crippen LogP contribution is 2.43. The molecule has 0 spiro atoms. The fraction of sp³-hybridized carbons (Fsp3) is 0.360. The summed E-state index contributed by atoms with van der Waals surface area (Å²) in [5.41, 5.74) is 0.898. The van der Waals surface area contributed by atoms with Crippen LogP contribution in [0.2, 0.25) is 0 Å². The third-order valence-corrected chi connectivity index (χ3v) is 7.38. The summed E-state index contributed by atoms with van der Waals surface area (Å²) in [5, 5.41) is 1.87. The van der Waals surface area contributed by atoms with Gasteiger partial charge in [0, 0.05) is 6.07 Å². The number of imide groups is 1. The lowest BCUT2D eigenvalue weighted by Crippen LogP contribution is -2.34. The van der Waals surface area contributed by atoms with Gasteiger partial charge < -0.3 is 19.5 Å². The maximum atomic E-state index is 12.9. The van der Waals surface area contributed by atoms with Gasteiger partial charge in [0.2, 0.25) is 11.8 Å². The van der Waals surface area contributed by atoms with Crippen molar-refractivity contribution in [2.75, 3.05) is 31.0 Å². The monoisotopic (exact) mass is 534 g/mol. The van der Waals surface area contributed by atoms with Crippen LogP contribution in [0, 0.1) is 11.8 Å². The van der Waals surface area contributed by atoms with Crippen LogP contribution in [0.15, 0.2) is 42.5 Å². The number of halogens is 2. The van der Waals surface area contributed by atoms with E-state index in [2.05, 4.69) is 5.32 Å². The van der Waals surface area contributed by atoms with Gasteiger partial charge in [-0.3, -0.25) is 19.3 Å². The van der Waals surface area contributed by atoms with Gasteiger partial charge in [0.25, 0.3) is 5.91 Å². The summed E-state index contributed by atoms with van der Waals surface area (Å²) in [6, 6.07) is 10.7. The van der Waals surface area contributed by atoms with Gasteiger partial charge in [-0.25, -0.2) is 4.79 Å². The zero-order valence-corrected chi connectivity index (χ0v) is 21.0. The van der Waals surface area contributed by atoms with Crippen molar-refractivity contribution >= 4 is 58.3 Å². The third-order valence-electron chi connectivity index (χ3n) is 6.29. The number of carbonyl (C=O) groups excluding carboxylic acids is 4. The Labute approximate surface area is 217 Å². The molecule has 9 nitrogen and oxygen atoms in total. The van der Waals surface area contributed by atoms with Gasteiger partial charge in [-0.15, -0.1) is 23.2 Å². The van der Waals surface area contributed by atoms with Crippen LogP contribution >= 0.6 is 23.2 Å². The Hall–Kier alpha value is -3.30. The Morgan fingerprint density at radius 1 is 0.944 bits per heavy atom. The van der Waals surface area contributed by atoms with Crippen LogP contribution in [0.5, 0.6) is 11.5 Å². The summed E-state index contributed by atoms with van der Waals surface area (Å²) in [5.74, 6) is -1.98. The van der Waals surface area contributed by atoms with E-state index in [1.165, 1.54) is 38.5 Å². The minimum atomic E-state index is -0.735. The summed E-state index contributed by atoms with van der Waals surface area (Å²) >= 11 is 12.4. The first-order chi connectivity index (χ1) is 17.2. The van der Waals surface area contributed by atoms with Gasteiger partial charge >= 0.3 is 5.97 Å². The normalized spacial score (nSPS) is 23.2. The lowest BCUT2D eigenvalue weighted by Gasteiger charge is -2.28. The number of anilines is 2. The molecule has 0 bridgehead atoms. The number of hydrogen-bond acceptors (Lipinski definition) is 7. The van der Waals surface area contributed by atoms with Gasteiger partial charge in [0.15, 0.2) is 6.61 Å². The molecule has 0 unspecified atom stereocenters. The highest BCUT2D eigenvalue weighted by atomic mass is 35.5. The first-order valence-corrected chi connectivity index (χ1v) is 12.1. The smallest absolute Gasteiger partial charge is 0.338 e. The lowest BCUT2D eigenvalue weighted by atomic mass is 9.80. The summed E-state index contributed by atoms with van der Waals surface area (Å²) in [6.45, 7) is -0.526. The molecule has 11 heteroatoms. The predicted molar refractivity (Wildman–Crippen MR) is 133 cm³/mol. The predicted octanol–water partition coefficient (Wildman–Crippen LogP) is 3.61. The standard InChI is InChI=1S/C25H24Cl2N2O7/c1-34-15-7-8-20(21(9-15)35-2)28-22(30)12-36-25(33)13-3-5-14(6-4-13)29-23(31)16-10-18(26)19(27)11-17(16)24(29)32/h3-9,16-19H,10-12H2,1-2H3,(H,28,30)/t16-,17-,18+,19+/m1/s1. The molecule has 190 valence electrons. The van der Waals surface area contributed by atoms with Crippen LogP contribution in [-0.2, 0) is 19.1 Å². The molecule has 1 saturated heterocycles. The van der Waals surface area contributed by atoms with E-state index in [1.54, 1.807) is 18.2 Å². The largest absolute Gasteiger partial charge is 0.497 e. The number of amides is 3. The van der Waals surface area contributed by atoms with Crippen LogP contribution < -0.4 is 19.7 Å². The van der Waals surface area contributed by atoms with Crippen molar-refractivity contribution in [3.05, 3.63) is 48.0 Å². The number of nitrogens with one attached hydrogen (secondary N) is 1. The molecule has 1 saturated carbocycles. The van der Waals surface area contributed by atoms with E-state index in [1.807, 2.05) is 0 Å². The molecule has 4 atom stereocenters. The minimum absolute atomic E-state index is 0.159. The second-order valence-corrected chi connectivity index (χ2v) is 9.59. The van der Waals surface area contributed by atoms with Crippen molar-refractivity contribution in [3.8, 4) is 11.5 Å². The van der Waals surface area contributed by atoms with Gasteiger partial charge in [-0.05, 0) is 49.2 Å². The number of hydrogen-bond donors (Lipinski definition) is 1. The van der Waals surface area contributed by atoms with Gasteiger partial charge in [-0.1, -0.05) is 0 Å². The maximum Gasteiger partial charge on any atom is 0.338 e. The average Bonchev–Trinajstić information content (AvgIpc) is 3.11. The molecule has 1 heterocycles. The number of esters is 1. The third kappa shape index (κ3) is 5.12. The number of methoxy groups -OCH3 is 2. The van der Waals surface area contributed by atoms with Crippen LogP contribution in [0.25, 0.3) is 0 Å². The molecule has 1 aliphatic heterocycles. The minimum Gasteiger partial charge on any atom is -0.497 e. The summed E-state index contributed by atoms with van der Waals surface area (Å²) in [4.78, 5) is 51.6. The Bertz CT molecular complexity index is 1160. The number of rotatable bonds is 7. The quantitative estimate of drug-likeness (QED) is 0.328. The first-order valence-electron chi connectivity index (χ1n) is 11.2. The second kappa shape index (κ2) is 10.8. The van der Waals surface area contributed by atoms with Crippen molar-refractivity contribution in [1.82, 2.24) is 0 Å². The number of ether oxygens (including phenoxy) is 3. The number of carbonyl (C=O) groups is 4. The Balaban J connectivity index is 1.36. The second-order valence-electron chi connectivity index (χ2n) is 8.47. The number of fused-ring (bicyclic) bond motifs is 1. The Morgan fingerprint density at radius 3 is 2.11 bits per heavy atom. The number of alkyl halides is 2. The Kier molecular flexibility index (Phi) is 7.70. The van der Waals surface area contributed by atoms with Gasteiger partial charge in [-0.2, -0.15) is 0 Å². The summed E-state index contributed by atoms with van der Waals surface area (Å²) < 4.78 is 15.4. The molecule has 0 radical (unpaired) electrons. The first kappa shape index (κ1) is 25.8. The van der Waals surface area contributed by atoms with Crippen molar-refractivity contribution in [2.45, 2.75) is 23.6 Å². The maximum absolute atomic E-state index is 12.9. The van der Waals surface area contributed by atoms with Gasteiger partial charge in [0.05, 0.1) is 53.7 Å². The fourth-order valence-corrected chi connectivity index (χ4v) is 4.99. The molecule has 4 rings (SSSR count). The molecule has 2 aromatic carbocycles. The molecule has 1 aliphatic carbocycles. The topological polar surface area (TPSA) is 111 Å². The summed E-state index contributed by atoms with van der Waals surface area (Å²) in [6.07, 6.45) is 0.687. The van der Waals surface area contributed by atoms with Crippen molar-refractivity contribution in [3.63, 3.8) is 0 Å². The Morgan fingerprint density at radius 2 is 1.56 bits per heavy atom. The highest BCUT2D eigenvalue weighted by Gasteiger charge is 2.52. The van der Waals surface area contributed by atoms with Crippen molar-refractivity contribution in [1.29, 1.82) is 0 Å². The summed E-state index contributed by atoms with van der Waals surface area (Å²) in [7, 11) is 2.96. The van der Waals surface area contributed by atoms with E-state index in [-0.39, 0.29) is 28.1 Å². The zero-order valence-electron chi connectivity index (χ0n) is 19.5. The van der Waals surface area contributed by atoms with Crippen LogP contribution in [0.1, 0.15) is 23.2 Å². The van der Waals surface area contributed by atoms with Crippen molar-refractivity contribution < 1.29 is 33.4 Å². The molecular formula is C25H24Cl2N2O7. The molecule has 2 aliphatic rings. The van der Waals surface area contributed by atoms with Crippen LogP contribution in [-0.4, -0.2) is 55.3 Å². The number of benzene rings is 2. The van der Waals surface area contributed by atoms with Gasteiger partial charge in [0.1, 0.15) is 11.5 Å². The lowest BCUT2D eigenvalue weighted by molar-refractivity contribution is -0.122. The van der Waals surface area contributed by atoms with E-state index < -0.39 is 30.3 Å². The highest BCUT2D eigenvalue weighted by molar-refractivity contribution is 6.31. The van der Waals surface area contributed by atoms with E-state index in [9.17, 15) is 19.2 Å². The molecule has 0 aromatic heterocycles. The number of nitrogens with zero attached hydrogens (tertiary/aromatic N) is 1. The average molecular weight is 535 g/mol. The van der Waals surface area contributed by atoms with Crippen LogP contribution in [0.3, 0.4) is 0 Å². The van der Waals surface area contributed by atoms with E-state index >= 15 is 0 Å². The van der Waals surface area contributed by atoms with E-state index in [4.69, 9.17) is 37.4 Å². The molecular weight excluding hydrogens is 511 g/mol. The van der Waals surface area contributed by atoms with Crippen LogP contribution in [0.4, 0.5) is 11.4 Å². The molecule has 1 N–H and O–H groups in total. The van der Waals surface area contributed by atoms with Crippen molar-refractivity contribution in [2.24, 2.45) is 11.8 Å². The molecule has 3 amide bonds. The SMILES string of the molecule is COc1ccc(NC(=O)COC(=O)c2ccc(N3C(=O)[C@@H]4C[C@H](Cl)[C@@H](Cl)C[C@H]4C3=O)cc2)c(OC)c1. The molecule has 36 heavy (non-hydrogen) atoms. The molecule has 2 fully saturated rings.